The molecule has 2 amide bonds. The third-order valence-corrected chi connectivity index (χ3v) is 4.43. The van der Waals surface area contributed by atoms with Crippen molar-refractivity contribution >= 4 is 39.1 Å². The van der Waals surface area contributed by atoms with E-state index in [1.807, 2.05) is 43.3 Å². The Morgan fingerprint density at radius 3 is 1.88 bits per heavy atom. The second-order valence-electron chi connectivity index (χ2n) is 5.81. The van der Waals surface area contributed by atoms with E-state index >= 15 is 0 Å². The summed E-state index contributed by atoms with van der Waals surface area (Å²) < 4.78 is 0.915. The first-order chi connectivity index (χ1) is 12.5. The quantitative estimate of drug-likeness (QED) is 0.618. The molecule has 0 spiro atoms. The number of halogens is 1. The Morgan fingerprint density at radius 2 is 1.27 bits per heavy atom. The zero-order chi connectivity index (χ0) is 18.5. The highest BCUT2D eigenvalue weighted by Crippen LogP contribution is 2.17. The average Bonchev–Trinajstić information content (AvgIpc) is 2.64. The van der Waals surface area contributed by atoms with Crippen molar-refractivity contribution in [1.82, 2.24) is 0 Å². The summed E-state index contributed by atoms with van der Waals surface area (Å²) in [6, 6.07) is 21.5. The van der Waals surface area contributed by atoms with Crippen LogP contribution in [0.5, 0.6) is 0 Å². The monoisotopic (exact) mass is 408 g/mol. The Bertz CT molecular complexity index is 935. The van der Waals surface area contributed by atoms with Crippen LogP contribution in [0.3, 0.4) is 0 Å². The molecule has 0 aliphatic rings. The van der Waals surface area contributed by atoms with Gasteiger partial charge in [0.1, 0.15) is 0 Å². The van der Waals surface area contributed by atoms with Crippen LogP contribution in [0.4, 0.5) is 11.4 Å². The highest BCUT2D eigenvalue weighted by atomic mass is 79.9. The molecule has 0 saturated heterocycles. The number of carbonyl (C=O) groups excluding carboxylic acids is 2. The summed E-state index contributed by atoms with van der Waals surface area (Å²) in [6.45, 7) is 1.94. The van der Waals surface area contributed by atoms with Crippen LogP contribution in [0.1, 0.15) is 26.3 Å². The third kappa shape index (κ3) is 4.37. The second-order valence-corrected chi connectivity index (χ2v) is 6.72. The minimum absolute atomic E-state index is 0.190. The van der Waals surface area contributed by atoms with E-state index in [9.17, 15) is 9.59 Å². The fraction of sp³-hybridized carbons (Fsp3) is 0.0476. The van der Waals surface area contributed by atoms with E-state index in [1.54, 1.807) is 36.4 Å². The van der Waals surface area contributed by atoms with Crippen LogP contribution >= 0.6 is 15.9 Å². The van der Waals surface area contributed by atoms with Crippen LogP contribution in [0.15, 0.2) is 77.3 Å². The predicted molar refractivity (Wildman–Crippen MR) is 108 cm³/mol. The maximum Gasteiger partial charge on any atom is 0.255 e. The number of benzene rings is 3. The number of rotatable bonds is 4. The fourth-order valence-corrected chi connectivity index (χ4v) is 2.68. The van der Waals surface area contributed by atoms with E-state index < -0.39 is 0 Å². The van der Waals surface area contributed by atoms with Crippen LogP contribution in [0, 0.1) is 6.92 Å². The topological polar surface area (TPSA) is 58.2 Å². The van der Waals surface area contributed by atoms with Gasteiger partial charge in [0, 0.05) is 27.0 Å². The molecule has 2 N–H and O–H groups in total. The fourth-order valence-electron chi connectivity index (χ4n) is 2.42. The zero-order valence-electron chi connectivity index (χ0n) is 14.1. The summed E-state index contributed by atoms with van der Waals surface area (Å²) in [5, 5.41) is 5.70. The summed E-state index contributed by atoms with van der Waals surface area (Å²) in [7, 11) is 0. The molecule has 26 heavy (non-hydrogen) atoms. The van der Waals surface area contributed by atoms with Crippen LogP contribution in [0.25, 0.3) is 0 Å². The van der Waals surface area contributed by atoms with Gasteiger partial charge in [0.25, 0.3) is 11.8 Å². The Morgan fingerprint density at radius 1 is 0.731 bits per heavy atom. The summed E-state index contributed by atoms with van der Waals surface area (Å²) in [5.74, 6) is -0.389. The van der Waals surface area contributed by atoms with E-state index in [-0.39, 0.29) is 11.8 Å². The van der Waals surface area contributed by atoms with Crippen LogP contribution in [-0.2, 0) is 0 Å². The van der Waals surface area contributed by atoms with Gasteiger partial charge in [-0.05, 0) is 67.1 Å². The van der Waals surface area contributed by atoms with Crippen LogP contribution in [0.2, 0.25) is 0 Å². The highest BCUT2D eigenvalue weighted by Gasteiger charge is 2.09. The van der Waals surface area contributed by atoms with E-state index in [4.69, 9.17) is 0 Å². The van der Waals surface area contributed by atoms with Crippen molar-refractivity contribution in [3.05, 3.63) is 94.0 Å². The van der Waals surface area contributed by atoms with Gasteiger partial charge >= 0.3 is 0 Å². The van der Waals surface area contributed by atoms with Crippen molar-refractivity contribution in [3.8, 4) is 0 Å². The van der Waals surface area contributed by atoms with Gasteiger partial charge in [-0.1, -0.05) is 34.1 Å². The van der Waals surface area contributed by atoms with E-state index in [2.05, 4.69) is 26.6 Å². The standard InChI is InChI=1S/C21H17BrN2O2/c1-14-4-2-3-5-19(14)24-21(26)16-8-12-18(13-9-16)23-20(25)15-6-10-17(22)11-7-15/h2-13H,1H3,(H,23,25)(H,24,26). The van der Waals surface area contributed by atoms with Gasteiger partial charge in [0.2, 0.25) is 0 Å². The van der Waals surface area contributed by atoms with Gasteiger partial charge in [-0.2, -0.15) is 0 Å². The molecule has 4 nitrogen and oxygen atoms in total. The van der Waals surface area contributed by atoms with Gasteiger partial charge < -0.3 is 10.6 Å². The van der Waals surface area contributed by atoms with E-state index in [0.29, 0.717) is 16.8 Å². The van der Waals surface area contributed by atoms with E-state index in [0.717, 1.165) is 15.7 Å². The van der Waals surface area contributed by atoms with Crippen LogP contribution in [-0.4, -0.2) is 11.8 Å². The Hall–Kier alpha value is -2.92. The third-order valence-electron chi connectivity index (χ3n) is 3.90. The number of hydrogen-bond acceptors (Lipinski definition) is 2. The number of aryl methyl sites for hydroxylation is 1. The molecule has 3 aromatic rings. The molecule has 0 aliphatic heterocycles. The molecule has 0 unspecified atom stereocenters. The normalized spacial score (nSPS) is 10.2. The first-order valence-electron chi connectivity index (χ1n) is 8.07. The maximum absolute atomic E-state index is 12.4. The highest BCUT2D eigenvalue weighted by molar-refractivity contribution is 9.10. The molecule has 0 aliphatic carbocycles. The number of amides is 2. The smallest absolute Gasteiger partial charge is 0.255 e. The molecule has 0 aromatic heterocycles. The zero-order valence-corrected chi connectivity index (χ0v) is 15.7. The summed E-state index contributed by atoms with van der Waals surface area (Å²) >= 11 is 3.34. The van der Waals surface area contributed by atoms with Crippen molar-refractivity contribution in [2.75, 3.05) is 10.6 Å². The number of hydrogen-bond donors (Lipinski definition) is 2. The number of nitrogens with one attached hydrogen (secondary N) is 2. The maximum atomic E-state index is 12.4. The first kappa shape index (κ1) is 17.9. The lowest BCUT2D eigenvalue weighted by Crippen LogP contribution is -2.14. The molecule has 130 valence electrons. The minimum atomic E-state index is -0.199. The lowest BCUT2D eigenvalue weighted by atomic mass is 10.1. The molecule has 3 rings (SSSR count). The molecular formula is C21H17BrN2O2. The van der Waals surface area contributed by atoms with Crippen molar-refractivity contribution in [2.24, 2.45) is 0 Å². The van der Waals surface area contributed by atoms with Crippen molar-refractivity contribution in [2.45, 2.75) is 6.92 Å². The van der Waals surface area contributed by atoms with Crippen LogP contribution < -0.4 is 10.6 Å². The molecule has 0 saturated carbocycles. The molecule has 0 heterocycles. The van der Waals surface area contributed by atoms with Gasteiger partial charge in [-0.3, -0.25) is 9.59 Å². The van der Waals surface area contributed by atoms with Crippen molar-refractivity contribution in [1.29, 1.82) is 0 Å². The summed E-state index contributed by atoms with van der Waals surface area (Å²) in [4.78, 5) is 24.6. The first-order valence-corrected chi connectivity index (χ1v) is 8.86. The molecule has 3 aromatic carbocycles. The Kier molecular flexibility index (Phi) is 5.49. The van der Waals surface area contributed by atoms with Gasteiger partial charge in [-0.25, -0.2) is 0 Å². The Balaban J connectivity index is 1.66. The summed E-state index contributed by atoms with van der Waals surface area (Å²) in [5.41, 5.74) is 3.50. The van der Waals surface area contributed by atoms with Gasteiger partial charge in [-0.15, -0.1) is 0 Å². The number of para-hydroxylation sites is 1. The minimum Gasteiger partial charge on any atom is -0.322 e. The van der Waals surface area contributed by atoms with E-state index in [1.165, 1.54) is 0 Å². The lowest BCUT2D eigenvalue weighted by molar-refractivity contribution is 0.102. The van der Waals surface area contributed by atoms with Crippen molar-refractivity contribution in [3.63, 3.8) is 0 Å². The second kappa shape index (κ2) is 7.97. The molecule has 0 fully saturated rings. The molecule has 5 heteroatoms. The van der Waals surface area contributed by atoms with Crippen molar-refractivity contribution < 1.29 is 9.59 Å². The SMILES string of the molecule is Cc1ccccc1NC(=O)c1ccc(NC(=O)c2ccc(Br)cc2)cc1. The molecule has 0 radical (unpaired) electrons. The number of carbonyl (C=O) groups is 2. The molecule has 0 bridgehead atoms. The number of anilines is 2. The lowest BCUT2D eigenvalue weighted by Gasteiger charge is -2.09. The molecular weight excluding hydrogens is 392 g/mol. The summed E-state index contributed by atoms with van der Waals surface area (Å²) in [6.07, 6.45) is 0. The average molecular weight is 409 g/mol. The molecule has 0 atom stereocenters. The Labute approximate surface area is 160 Å². The largest absolute Gasteiger partial charge is 0.322 e. The predicted octanol–water partition coefficient (Wildman–Crippen LogP) is 5.26. The van der Waals surface area contributed by atoms with Gasteiger partial charge in [0.05, 0.1) is 0 Å². The van der Waals surface area contributed by atoms with Gasteiger partial charge in [0.15, 0.2) is 0 Å².